The highest BCUT2D eigenvalue weighted by atomic mass is 32.2. The van der Waals surface area contributed by atoms with Crippen molar-refractivity contribution in [2.45, 2.75) is 49.9 Å². The Kier molecular flexibility index (Phi) is 8.77. The van der Waals surface area contributed by atoms with Crippen LogP contribution in [0.5, 0.6) is 0 Å². The fourth-order valence-corrected chi connectivity index (χ4v) is 4.85. The van der Waals surface area contributed by atoms with E-state index in [0.717, 1.165) is 27.1 Å². The van der Waals surface area contributed by atoms with E-state index >= 15 is 0 Å². The summed E-state index contributed by atoms with van der Waals surface area (Å²) in [6.45, 7) is 1.94. The van der Waals surface area contributed by atoms with E-state index in [-0.39, 0.29) is 30.3 Å². The summed E-state index contributed by atoms with van der Waals surface area (Å²) in [5.41, 5.74) is 3.99. The molecule has 3 atom stereocenters. The maximum atomic E-state index is 11.2. The zero-order valence-corrected chi connectivity index (χ0v) is 20.7. The predicted octanol–water partition coefficient (Wildman–Crippen LogP) is 4.85. The Hall–Kier alpha value is -3.17. The van der Waals surface area contributed by atoms with Crippen LogP contribution in [0, 0.1) is 0 Å². The van der Waals surface area contributed by atoms with Crippen molar-refractivity contribution in [1.82, 2.24) is 5.32 Å². The van der Waals surface area contributed by atoms with Crippen molar-refractivity contribution in [3.8, 4) is 0 Å². The molecule has 1 aliphatic heterocycles. The van der Waals surface area contributed by atoms with Gasteiger partial charge in [0.1, 0.15) is 0 Å². The van der Waals surface area contributed by atoms with Gasteiger partial charge < -0.3 is 25.0 Å². The minimum Gasteiger partial charge on any atom is -0.478 e. The number of aliphatic hydroxyl groups excluding tert-OH is 1. The van der Waals surface area contributed by atoms with Gasteiger partial charge >= 0.3 is 5.97 Å². The molecule has 0 bridgehead atoms. The monoisotopic (exact) mass is 507 g/mol. The lowest BCUT2D eigenvalue weighted by molar-refractivity contribution is -0.245. The van der Waals surface area contributed by atoms with E-state index in [1.807, 2.05) is 60.7 Å². The van der Waals surface area contributed by atoms with Crippen LogP contribution in [0.2, 0.25) is 0 Å². The van der Waals surface area contributed by atoms with Gasteiger partial charge in [0.25, 0.3) is 0 Å². The van der Waals surface area contributed by atoms with Crippen molar-refractivity contribution in [2.24, 2.45) is 0 Å². The van der Waals surface area contributed by atoms with Crippen LogP contribution in [-0.2, 0) is 27.4 Å². The number of aliphatic hydroxyl groups is 1. The third-order valence-corrected chi connectivity index (χ3v) is 7.09. The van der Waals surface area contributed by atoms with E-state index in [9.17, 15) is 14.7 Å². The van der Waals surface area contributed by atoms with Gasteiger partial charge in [-0.25, -0.2) is 4.79 Å². The number of hydrogen-bond donors (Lipinski definition) is 3. The molecule has 1 fully saturated rings. The van der Waals surface area contributed by atoms with Crippen molar-refractivity contribution >= 4 is 23.6 Å². The number of carbonyl (C=O) groups is 2. The molecule has 0 saturated carbocycles. The number of ether oxygens (including phenoxy) is 2. The molecule has 36 heavy (non-hydrogen) atoms. The summed E-state index contributed by atoms with van der Waals surface area (Å²) in [6.07, 6.45) is -0.184. The largest absolute Gasteiger partial charge is 0.478 e. The molecule has 1 saturated heterocycles. The highest BCUT2D eigenvalue weighted by molar-refractivity contribution is 7.99. The molecule has 1 amide bonds. The second-order valence-corrected chi connectivity index (χ2v) is 9.74. The van der Waals surface area contributed by atoms with E-state index in [0.29, 0.717) is 18.7 Å². The first-order chi connectivity index (χ1) is 17.4. The first-order valence-electron chi connectivity index (χ1n) is 11.7. The summed E-state index contributed by atoms with van der Waals surface area (Å²) in [6, 6.07) is 22.4. The molecular formula is C28H29NO6S. The Balaban J connectivity index is 1.49. The Morgan fingerprint density at radius 2 is 1.56 bits per heavy atom. The van der Waals surface area contributed by atoms with Gasteiger partial charge in [-0.2, -0.15) is 0 Å². The minimum absolute atomic E-state index is 0.0116. The van der Waals surface area contributed by atoms with Gasteiger partial charge in [-0.05, 0) is 41.0 Å². The zero-order chi connectivity index (χ0) is 25.5. The maximum absolute atomic E-state index is 11.2. The Morgan fingerprint density at radius 3 is 2.17 bits per heavy atom. The number of thioether (sulfide) groups is 1. The molecule has 1 heterocycles. The molecule has 8 heteroatoms. The molecule has 0 radical (unpaired) electrons. The van der Waals surface area contributed by atoms with Gasteiger partial charge in [0.2, 0.25) is 5.91 Å². The Morgan fingerprint density at radius 1 is 0.917 bits per heavy atom. The minimum atomic E-state index is -0.944. The number of rotatable bonds is 9. The number of aromatic carboxylic acids is 1. The average Bonchev–Trinajstić information content (AvgIpc) is 2.91. The lowest BCUT2D eigenvalue weighted by Crippen LogP contribution is -2.31. The summed E-state index contributed by atoms with van der Waals surface area (Å²) in [7, 11) is 0. The molecule has 0 unspecified atom stereocenters. The molecule has 4 rings (SSSR count). The van der Waals surface area contributed by atoms with Crippen LogP contribution in [0.3, 0.4) is 0 Å². The van der Waals surface area contributed by atoms with E-state index in [2.05, 4.69) is 5.32 Å². The fourth-order valence-electron chi connectivity index (χ4n) is 3.92. The number of nitrogens with one attached hydrogen (secondary N) is 1. The molecule has 0 aromatic heterocycles. The van der Waals surface area contributed by atoms with E-state index in [1.165, 1.54) is 6.92 Å². The lowest BCUT2D eigenvalue weighted by Gasteiger charge is -2.36. The molecule has 3 N–H and O–H groups in total. The van der Waals surface area contributed by atoms with Crippen LogP contribution >= 0.6 is 11.8 Å². The number of carboxylic acids is 1. The number of carbonyl (C=O) groups excluding carboxylic acids is 1. The van der Waals surface area contributed by atoms with Crippen molar-refractivity contribution in [3.05, 3.63) is 101 Å². The second kappa shape index (κ2) is 12.2. The SMILES string of the molecule is CC(=O)NCc1ccc([C@@H]2O[C@H](CSc3ccc(C(=O)O)cc3)C[C@H](c3ccc(CO)cc3)O2)cc1. The molecule has 188 valence electrons. The molecule has 3 aromatic carbocycles. The number of amides is 1. The van der Waals surface area contributed by atoms with Gasteiger partial charge in [0, 0.05) is 36.1 Å². The first kappa shape index (κ1) is 25.9. The predicted molar refractivity (Wildman–Crippen MR) is 137 cm³/mol. The van der Waals surface area contributed by atoms with Crippen LogP contribution in [0.1, 0.15) is 58.4 Å². The third kappa shape index (κ3) is 6.95. The average molecular weight is 508 g/mol. The van der Waals surface area contributed by atoms with Gasteiger partial charge in [-0.15, -0.1) is 11.8 Å². The van der Waals surface area contributed by atoms with Crippen LogP contribution in [-0.4, -0.2) is 33.9 Å². The summed E-state index contributed by atoms with van der Waals surface area (Å²) < 4.78 is 12.7. The van der Waals surface area contributed by atoms with Gasteiger partial charge in [-0.1, -0.05) is 48.5 Å². The van der Waals surface area contributed by atoms with Gasteiger partial charge in [0.05, 0.1) is 24.4 Å². The van der Waals surface area contributed by atoms with Crippen molar-refractivity contribution in [3.63, 3.8) is 0 Å². The highest BCUT2D eigenvalue weighted by Crippen LogP contribution is 2.39. The molecule has 0 aliphatic carbocycles. The van der Waals surface area contributed by atoms with Crippen molar-refractivity contribution < 1.29 is 29.3 Å². The van der Waals surface area contributed by atoms with Crippen molar-refractivity contribution in [1.29, 1.82) is 0 Å². The van der Waals surface area contributed by atoms with Crippen LogP contribution in [0.15, 0.2) is 77.7 Å². The topological polar surface area (TPSA) is 105 Å². The number of hydrogen-bond acceptors (Lipinski definition) is 6. The van der Waals surface area contributed by atoms with Crippen molar-refractivity contribution in [2.75, 3.05) is 5.75 Å². The quantitative estimate of drug-likeness (QED) is 0.356. The molecule has 0 spiro atoms. The van der Waals surface area contributed by atoms with Crippen LogP contribution < -0.4 is 5.32 Å². The third-order valence-electron chi connectivity index (χ3n) is 5.95. The van der Waals surface area contributed by atoms with Gasteiger partial charge in [-0.3, -0.25) is 4.79 Å². The summed E-state index contributed by atoms with van der Waals surface area (Å²) in [5, 5.41) is 21.3. The standard InChI is InChI=1S/C28H29NO6S/c1-18(31)29-15-19-2-8-23(9-3-19)28-34-24(17-36-25-12-10-22(11-13-25)27(32)33)14-26(35-28)21-6-4-20(16-30)5-7-21/h2-13,24,26,28,30H,14-17H2,1H3,(H,29,31)(H,32,33)/t24-,26+,28+/m0/s1. The van der Waals surface area contributed by atoms with Crippen LogP contribution in [0.4, 0.5) is 0 Å². The Labute approximate surface area is 214 Å². The van der Waals surface area contributed by atoms with Crippen LogP contribution in [0.25, 0.3) is 0 Å². The summed E-state index contributed by atoms with van der Waals surface area (Å²) >= 11 is 1.61. The van der Waals surface area contributed by atoms with E-state index in [1.54, 1.807) is 23.9 Å². The smallest absolute Gasteiger partial charge is 0.335 e. The van der Waals surface area contributed by atoms with E-state index < -0.39 is 12.3 Å². The molecule has 1 aliphatic rings. The maximum Gasteiger partial charge on any atom is 0.335 e. The summed E-state index contributed by atoms with van der Waals surface area (Å²) in [5.74, 6) is -0.343. The first-order valence-corrected chi connectivity index (χ1v) is 12.7. The number of carboxylic acid groups (broad SMARTS) is 1. The normalized spacial score (nSPS) is 19.6. The summed E-state index contributed by atoms with van der Waals surface area (Å²) in [4.78, 5) is 23.3. The Bertz CT molecular complexity index is 1160. The zero-order valence-electron chi connectivity index (χ0n) is 19.9. The van der Waals surface area contributed by atoms with E-state index in [4.69, 9.17) is 14.6 Å². The molecular weight excluding hydrogens is 478 g/mol. The molecule has 7 nitrogen and oxygen atoms in total. The lowest BCUT2D eigenvalue weighted by atomic mass is 10.0. The number of benzene rings is 3. The fraction of sp³-hybridized carbons (Fsp3) is 0.286. The highest BCUT2D eigenvalue weighted by Gasteiger charge is 2.32. The molecule has 3 aromatic rings. The second-order valence-electron chi connectivity index (χ2n) is 8.64. The van der Waals surface area contributed by atoms with Gasteiger partial charge in [0.15, 0.2) is 6.29 Å².